The first-order valence-electron chi connectivity index (χ1n) is 2.37. The van der Waals surface area contributed by atoms with E-state index in [1.165, 1.54) is 6.07 Å². The molecule has 0 aliphatic carbocycles. The van der Waals surface area contributed by atoms with Crippen molar-refractivity contribution in [1.82, 2.24) is 0 Å². The lowest BCUT2D eigenvalue weighted by Gasteiger charge is -1.92. The molecule has 0 saturated carbocycles. The zero-order chi connectivity index (χ0) is 8.69. The number of nitrogens with two attached hydrogens (primary N) is 1. The van der Waals surface area contributed by atoms with Crippen LogP contribution in [0.2, 0.25) is 0 Å². The van der Waals surface area contributed by atoms with E-state index in [2.05, 4.69) is 14.5 Å². The molecule has 0 heterocycles. The summed E-state index contributed by atoms with van der Waals surface area (Å²) >= 11 is 4.89. The molecule has 0 aromatic rings. The van der Waals surface area contributed by atoms with E-state index in [1.54, 1.807) is 0 Å². The van der Waals surface area contributed by atoms with Crippen molar-refractivity contribution in [2.45, 2.75) is 0 Å². The van der Waals surface area contributed by atoms with Crippen molar-refractivity contribution in [3.8, 4) is 6.07 Å². The van der Waals surface area contributed by atoms with Crippen molar-refractivity contribution in [3.63, 3.8) is 0 Å². The number of oxime groups is 1. The number of nitriles is 1. The molecule has 11 heavy (non-hydrogen) atoms. The second-order valence-corrected chi connectivity index (χ2v) is 1.43. The number of nitrogens with zero attached hydrogens (tertiary/aromatic N) is 3. The smallest absolute Gasteiger partial charge is 0.255 e. The molecule has 0 aromatic heterocycles. The molecular weight excluding hydrogens is 175 g/mol. The Kier molecular flexibility index (Phi) is 4.77. The SMILES string of the molecule is N#CC(=NOCF)C(N)=NCl. The third-order valence-corrected chi connectivity index (χ3v) is 0.826. The summed E-state index contributed by atoms with van der Waals surface area (Å²) in [5, 5.41) is 11.2. The summed E-state index contributed by atoms with van der Waals surface area (Å²) in [5.74, 6) is -0.317. The van der Waals surface area contributed by atoms with Gasteiger partial charge < -0.3 is 10.6 Å². The molecule has 0 aromatic carbocycles. The zero-order valence-electron chi connectivity index (χ0n) is 5.29. The molecule has 0 aliphatic rings. The van der Waals surface area contributed by atoms with Crippen LogP contribution in [0.3, 0.4) is 0 Å². The van der Waals surface area contributed by atoms with Crippen LogP contribution in [0.15, 0.2) is 9.67 Å². The Hall–Kier alpha value is -1.35. The largest absolute Gasteiger partial charge is 0.380 e. The third-order valence-electron chi connectivity index (χ3n) is 0.644. The summed E-state index contributed by atoms with van der Waals surface area (Å²) in [7, 11) is 0. The van der Waals surface area contributed by atoms with Gasteiger partial charge in [-0.15, -0.1) is 0 Å². The number of rotatable bonds is 3. The van der Waals surface area contributed by atoms with Crippen LogP contribution >= 0.6 is 11.8 Å². The van der Waals surface area contributed by atoms with Crippen LogP contribution in [0.1, 0.15) is 0 Å². The van der Waals surface area contributed by atoms with Gasteiger partial charge in [-0.1, -0.05) is 5.16 Å². The van der Waals surface area contributed by atoms with Crippen LogP contribution in [0.4, 0.5) is 4.39 Å². The van der Waals surface area contributed by atoms with E-state index < -0.39 is 6.86 Å². The predicted molar refractivity (Wildman–Crippen MR) is 37.6 cm³/mol. The van der Waals surface area contributed by atoms with Crippen molar-refractivity contribution < 1.29 is 9.23 Å². The van der Waals surface area contributed by atoms with E-state index in [4.69, 9.17) is 22.8 Å². The second kappa shape index (κ2) is 5.44. The quantitative estimate of drug-likeness (QED) is 0.384. The first-order chi connectivity index (χ1) is 5.26. The highest BCUT2D eigenvalue weighted by Crippen LogP contribution is 1.85. The van der Waals surface area contributed by atoms with Crippen LogP contribution in [0.25, 0.3) is 0 Å². The first kappa shape index (κ1) is 9.65. The maximum absolute atomic E-state index is 11.3. The molecule has 0 aliphatic heterocycles. The van der Waals surface area contributed by atoms with Crippen LogP contribution in [-0.2, 0) is 4.84 Å². The highest BCUT2D eigenvalue weighted by Gasteiger charge is 2.03. The van der Waals surface area contributed by atoms with E-state index in [9.17, 15) is 4.39 Å². The molecular formula is C4H4ClFN4O. The highest BCUT2D eigenvalue weighted by atomic mass is 35.5. The fourth-order valence-electron chi connectivity index (χ4n) is 0.253. The molecule has 60 valence electrons. The zero-order valence-corrected chi connectivity index (χ0v) is 6.05. The Balaban J connectivity index is 4.31. The van der Waals surface area contributed by atoms with Gasteiger partial charge in [0.2, 0.25) is 5.71 Å². The molecule has 0 rings (SSSR count). The van der Waals surface area contributed by atoms with E-state index >= 15 is 0 Å². The molecule has 5 nitrogen and oxygen atoms in total. The number of alkyl halides is 1. The van der Waals surface area contributed by atoms with Crippen molar-refractivity contribution in [2.24, 2.45) is 15.4 Å². The van der Waals surface area contributed by atoms with Crippen molar-refractivity contribution in [3.05, 3.63) is 0 Å². The average molecular weight is 179 g/mol. The maximum atomic E-state index is 11.3. The third kappa shape index (κ3) is 3.37. The van der Waals surface area contributed by atoms with Gasteiger partial charge in [0, 0.05) is 11.8 Å². The summed E-state index contributed by atoms with van der Waals surface area (Å²) in [4.78, 5) is 3.89. The number of hydrogen-bond acceptors (Lipinski definition) is 4. The molecule has 0 atom stereocenters. The fourth-order valence-corrected chi connectivity index (χ4v) is 0.333. The van der Waals surface area contributed by atoms with Gasteiger partial charge in [0.05, 0.1) is 0 Å². The van der Waals surface area contributed by atoms with Gasteiger partial charge in [0.1, 0.15) is 6.07 Å². The van der Waals surface area contributed by atoms with Gasteiger partial charge in [-0.3, -0.25) is 0 Å². The number of amidine groups is 1. The lowest BCUT2D eigenvalue weighted by molar-refractivity contribution is 0.0642. The van der Waals surface area contributed by atoms with E-state index in [0.29, 0.717) is 0 Å². The Labute approximate surface area is 67.0 Å². The first-order valence-corrected chi connectivity index (χ1v) is 2.71. The van der Waals surface area contributed by atoms with Crippen molar-refractivity contribution >= 4 is 23.3 Å². The van der Waals surface area contributed by atoms with E-state index in [1.807, 2.05) is 0 Å². The molecule has 0 fully saturated rings. The summed E-state index contributed by atoms with van der Waals surface area (Å²) in [5.41, 5.74) is 4.67. The predicted octanol–water partition coefficient (Wildman–Crippen LogP) is 0.321. The Morgan fingerprint density at radius 2 is 2.45 bits per heavy atom. The van der Waals surface area contributed by atoms with Gasteiger partial charge in [0.15, 0.2) is 5.84 Å². The minimum atomic E-state index is -1.14. The fraction of sp³-hybridized carbons (Fsp3) is 0.250. The Morgan fingerprint density at radius 1 is 1.82 bits per heavy atom. The molecule has 0 spiro atoms. The normalized spacial score (nSPS) is 12.5. The molecule has 2 N–H and O–H groups in total. The summed E-state index contributed by atoms with van der Waals surface area (Å²) < 4.78 is 14.2. The van der Waals surface area contributed by atoms with Gasteiger partial charge in [-0.05, 0) is 0 Å². The Morgan fingerprint density at radius 3 is 2.82 bits per heavy atom. The lowest BCUT2D eigenvalue weighted by Crippen LogP contribution is -2.21. The highest BCUT2D eigenvalue weighted by molar-refractivity contribution is 6.49. The van der Waals surface area contributed by atoms with Crippen molar-refractivity contribution in [1.29, 1.82) is 5.26 Å². The summed E-state index contributed by atoms with van der Waals surface area (Å²) in [6.07, 6.45) is 0. The monoisotopic (exact) mass is 178 g/mol. The van der Waals surface area contributed by atoms with Gasteiger partial charge in [0.25, 0.3) is 6.86 Å². The van der Waals surface area contributed by atoms with Gasteiger partial charge in [-0.25, -0.2) is 4.39 Å². The molecule has 7 heteroatoms. The average Bonchev–Trinajstić information content (AvgIpc) is 2.05. The standard InChI is InChI=1S/C4H4ClFN4O/c5-9-4(8)3(1-7)10-11-2-6/h2H2,(H2,8,9). The van der Waals surface area contributed by atoms with Crippen LogP contribution in [-0.4, -0.2) is 18.4 Å². The van der Waals surface area contributed by atoms with Gasteiger partial charge >= 0.3 is 0 Å². The van der Waals surface area contributed by atoms with Gasteiger partial charge in [-0.2, -0.15) is 9.77 Å². The molecule has 0 radical (unpaired) electrons. The molecule has 0 unspecified atom stereocenters. The van der Waals surface area contributed by atoms with E-state index in [0.717, 1.165) is 0 Å². The topological polar surface area (TPSA) is 83.8 Å². The molecule has 0 amide bonds. The maximum Gasteiger partial charge on any atom is 0.255 e. The van der Waals surface area contributed by atoms with Crippen LogP contribution in [0.5, 0.6) is 0 Å². The minimum absolute atomic E-state index is 0.317. The van der Waals surface area contributed by atoms with Crippen LogP contribution < -0.4 is 5.73 Å². The molecule has 0 saturated heterocycles. The van der Waals surface area contributed by atoms with E-state index in [-0.39, 0.29) is 11.5 Å². The van der Waals surface area contributed by atoms with Crippen molar-refractivity contribution in [2.75, 3.05) is 6.86 Å². The number of hydrogen-bond donors (Lipinski definition) is 1. The number of halogens is 2. The second-order valence-electron chi connectivity index (χ2n) is 1.26. The van der Waals surface area contributed by atoms with Crippen LogP contribution in [0, 0.1) is 11.3 Å². The minimum Gasteiger partial charge on any atom is -0.380 e. The summed E-state index contributed by atoms with van der Waals surface area (Å²) in [6.45, 7) is -1.14. The molecule has 0 bridgehead atoms. The lowest BCUT2D eigenvalue weighted by atomic mass is 10.4. The summed E-state index contributed by atoms with van der Waals surface area (Å²) in [6, 6.07) is 1.51. The Bertz CT molecular complexity index is 221.